The molecule has 2 aromatic heterocycles. The van der Waals surface area contributed by atoms with Gasteiger partial charge in [-0.15, -0.1) is 11.8 Å². The molecule has 0 saturated carbocycles. The summed E-state index contributed by atoms with van der Waals surface area (Å²) in [6, 6.07) is 20.6. The molecule has 5 rings (SSSR count). The van der Waals surface area contributed by atoms with Gasteiger partial charge >= 0.3 is 5.69 Å². The Morgan fingerprint density at radius 1 is 0.971 bits per heavy atom. The molecule has 0 fully saturated rings. The highest BCUT2D eigenvalue weighted by Crippen LogP contribution is 2.21. The maximum absolute atomic E-state index is 13.7. The molecule has 0 spiro atoms. The van der Waals surface area contributed by atoms with Crippen LogP contribution < -0.4 is 11.2 Å². The Morgan fingerprint density at radius 3 is 2.50 bits per heavy atom. The van der Waals surface area contributed by atoms with Crippen LogP contribution in [0.25, 0.3) is 28.0 Å². The van der Waals surface area contributed by atoms with Gasteiger partial charge in [-0.2, -0.15) is 4.98 Å². The average molecular weight is 471 g/mol. The summed E-state index contributed by atoms with van der Waals surface area (Å²) in [5.41, 5.74) is 2.89. The van der Waals surface area contributed by atoms with Crippen molar-refractivity contribution in [3.8, 4) is 17.1 Å². The van der Waals surface area contributed by atoms with Crippen LogP contribution in [0.1, 0.15) is 17.0 Å². The van der Waals surface area contributed by atoms with E-state index in [0.29, 0.717) is 22.4 Å². The number of aryl methyl sites for hydroxylation is 2. The summed E-state index contributed by atoms with van der Waals surface area (Å²) >= 11 is 1.65. The van der Waals surface area contributed by atoms with E-state index in [-0.39, 0.29) is 18.0 Å². The summed E-state index contributed by atoms with van der Waals surface area (Å²) in [5, 5.41) is 4.54. The summed E-state index contributed by atoms with van der Waals surface area (Å²) in [4.78, 5) is 32.7. The van der Waals surface area contributed by atoms with Crippen LogP contribution in [0, 0.1) is 13.8 Å². The monoisotopic (exact) mass is 470 g/mol. The first-order chi connectivity index (χ1) is 16.5. The Hall–Kier alpha value is -3.91. The predicted octanol–water partition coefficient (Wildman–Crippen LogP) is 4.59. The molecule has 0 amide bonds. The van der Waals surface area contributed by atoms with Gasteiger partial charge in [0, 0.05) is 10.5 Å². The van der Waals surface area contributed by atoms with Gasteiger partial charge in [-0.1, -0.05) is 29.4 Å². The molecule has 0 aliphatic rings. The lowest BCUT2D eigenvalue weighted by molar-refractivity contribution is 0.370. The maximum Gasteiger partial charge on any atom is 0.336 e. The van der Waals surface area contributed by atoms with Crippen molar-refractivity contribution < 1.29 is 4.52 Å². The normalized spacial score (nSPS) is 11.3. The molecule has 0 radical (unpaired) electrons. The summed E-state index contributed by atoms with van der Waals surface area (Å²) in [6.45, 7) is 3.85. The third kappa shape index (κ3) is 3.86. The van der Waals surface area contributed by atoms with Crippen molar-refractivity contribution in [3.63, 3.8) is 0 Å². The number of thioether (sulfide) groups is 1. The second kappa shape index (κ2) is 8.79. The topological polar surface area (TPSA) is 82.9 Å². The van der Waals surface area contributed by atoms with Gasteiger partial charge < -0.3 is 4.52 Å². The highest BCUT2D eigenvalue weighted by atomic mass is 32.2. The molecule has 2 heterocycles. The van der Waals surface area contributed by atoms with Gasteiger partial charge in [-0.25, -0.2) is 9.36 Å². The van der Waals surface area contributed by atoms with Crippen LogP contribution in [0.2, 0.25) is 0 Å². The van der Waals surface area contributed by atoms with Crippen molar-refractivity contribution >= 4 is 22.7 Å². The molecule has 0 bridgehead atoms. The lowest BCUT2D eigenvalue weighted by Crippen LogP contribution is -2.39. The van der Waals surface area contributed by atoms with Crippen LogP contribution in [0.3, 0.4) is 0 Å². The number of aromatic nitrogens is 4. The number of hydrogen-bond acceptors (Lipinski definition) is 6. The number of nitrogens with zero attached hydrogens (tertiary/aromatic N) is 4. The smallest absolute Gasteiger partial charge is 0.336 e. The standard InChI is InChI=1S/C26H22N4O3S/c1-16-8-9-17(2)22(14-16)30-25(31)20-6-4-5-7-21(20)29(26(30)32)15-23-27-24(28-33-23)18-10-12-19(34-3)13-11-18/h4-14H,15H2,1-3H3. The molecule has 0 unspecified atom stereocenters. The molecule has 3 aromatic carbocycles. The van der Waals surface area contributed by atoms with Crippen LogP contribution in [0.5, 0.6) is 0 Å². The highest BCUT2D eigenvalue weighted by Gasteiger charge is 2.18. The molecule has 8 heteroatoms. The zero-order valence-corrected chi connectivity index (χ0v) is 19.8. The third-order valence-corrected chi connectivity index (χ3v) is 6.51. The van der Waals surface area contributed by atoms with Gasteiger partial charge in [-0.05, 0) is 73.7 Å². The molecular weight excluding hydrogens is 448 g/mol. The van der Waals surface area contributed by atoms with Crippen molar-refractivity contribution in [2.24, 2.45) is 0 Å². The van der Waals surface area contributed by atoms with Gasteiger partial charge in [0.25, 0.3) is 5.56 Å². The van der Waals surface area contributed by atoms with Crippen molar-refractivity contribution in [3.05, 3.63) is 105 Å². The number of benzene rings is 3. The molecule has 0 aliphatic heterocycles. The molecule has 0 N–H and O–H groups in total. The van der Waals surface area contributed by atoms with Gasteiger partial charge in [-0.3, -0.25) is 9.36 Å². The van der Waals surface area contributed by atoms with E-state index < -0.39 is 5.69 Å². The van der Waals surface area contributed by atoms with Gasteiger partial charge in [0.1, 0.15) is 6.54 Å². The van der Waals surface area contributed by atoms with Crippen LogP contribution in [0.4, 0.5) is 0 Å². The number of hydrogen-bond donors (Lipinski definition) is 0. The van der Waals surface area contributed by atoms with Gasteiger partial charge in [0.2, 0.25) is 11.7 Å². The van der Waals surface area contributed by atoms with Crippen molar-refractivity contribution in [2.75, 3.05) is 6.26 Å². The van der Waals surface area contributed by atoms with Crippen LogP contribution >= 0.6 is 11.8 Å². The van der Waals surface area contributed by atoms with E-state index in [2.05, 4.69) is 10.1 Å². The number of fused-ring (bicyclic) bond motifs is 1. The SMILES string of the molecule is CSc1ccc(-c2noc(Cn3c(=O)n(-c4cc(C)ccc4C)c(=O)c4ccccc43)n2)cc1. The second-order valence-electron chi connectivity index (χ2n) is 8.06. The van der Waals surface area contributed by atoms with E-state index >= 15 is 0 Å². The third-order valence-electron chi connectivity index (χ3n) is 5.77. The molecule has 7 nitrogen and oxygen atoms in total. The minimum Gasteiger partial charge on any atom is -0.337 e. The minimum atomic E-state index is -0.457. The van der Waals surface area contributed by atoms with E-state index in [9.17, 15) is 9.59 Å². The highest BCUT2D eigenvalue weighted by molar-refractivity contribution is 7.98. The van der Waals surface area contributed by atoms with E-state index in [0.717, 1.165) is 21.6 Å². The van der Waals surface area contributed by atoms with Crippen LogP contribution in [0.15, 0.2) is 85.7 Å². The summed E-state index contributed by atoms with van der Waals surface area (Å²) in [7, 11) is 0. The van der Waals surface area contributed by atoms with Gasteiger partial charge in [0.05, 0.1) is 16.6 Å². The number of rotatable bonds is 5. The van der Waals surface area contributed by atoms with Crippen molar-refractivity contribution in [1.29, 1.82) is 0 Å². The Balaban J connectivity index is 1.64. The van der Waals surface area contributed by atoms with E-state index in [4.69, 9.17) is 4.52 Å². The van der Waals surface area contributed by atoms with Gasteiger partial charge in [0.15, 0.2) is 0 Å². The van der Waals surface area contributed by atoms with Crippen molar-refractivity contribution in [1.82, 2.24) is 19.3 Å². The molecule has 34 heavy (non-hydrogen) atoms. The summed E-state index contributed by atoms with van der Waals surface area (Å²) in [5.74, 6) is 0.727. The Bertz CT molecular complexity index is 1630. The average Bonchev–Trinajstić information content (AvgIpc) is 3.33. The molecule has 170 valence electrons. The molecule has 5 aromatic rings. The predicted molar refractivity (Wildman–Crippen MR) is 134 cm³/mol. The Kier molecular flexibility index (Phi) is 5.67. The molecule has 0 saturated heterocycles. The Morgan fingerprint density at radius 2 is 1.74 bits per heavy atom. The fourth-order valence-electron chi connectivity index (χ4n) is 3.96. The van der Waals surface area contributed by atoms with E-state index in [1.165, 1.54) is 9.13 Å². The summed E-state index contributed by atoms with van der Waals surface area (Å²) < 4.78 is 8.22. The summed E-state index contributed by atoms with van der Waals surface area (Å²) in [6.07, 6.45) is 2.02. The van der Waals surface area contributed by atoms with Crippen LogP contribution in [-0.2, 0) is 6.54 Å². The van der Waals surface area contributed by atoms with Crippen LogP contribution in [-0.4, -0.2) is 25.5 Å². The van der Waals surface area contributed by atoms with E-state index in [1.54, 1.807) is 36.0 Å². The molecular formula is C26H22N4O3S. The zero-order valence-electron chi connectivity index (χ0n) is 19.0. The largest absolute Gasteiger partial charge is 0.337 e. The van der Waals surface area contributed by atoms with E-state index in [1.807, 2.05) is 62.6 Å². The second-order valence-corrected chi connectivity index (χ2v) is 8.94. The maximum atomic E-state index is 13.7. The number of para-hydroxylation sites is 1. The zero-order chi connectivity index (χ0) is 23.8. The quantitative estimate of drug-likeness (QED) is 0.350. The fraction of sp³-hybridized carbons (Fsp3) is 0.154. The first-order valence-electron chi connectivity index (χ1n) is 10.8. The first-order valence-corrected chi connectivity index (χ1v) is 12.0. The minimum absolute atomic E-state index is 0.0420. The molecule has 0 atom stereocenters. The van der Waals surface area contributed by atoms with Crippen molar-refractivity contribution in [2.45, 2.75) is 25.3 Å². The lowest BCUT2D eigenvalue weighted by Gasteiger charge is -2.14. The first kappa shape index (κ1) is 21.9. The lowest BCUT2D eigenvalue weighted by atomic mass is 10.1. The fourth-order valence-corrected chi connectivity index (χ4v) is 4.37. The Labute approximate surface area is 199 Å². The molecule has 0 aliphatic carbocycles.